The number of aryl methyl sites for hydroxylation is 1. The number of hydrazine groups is 1. The molecule has 1 aromatic heterocycles. The van der Waals surface area contributed by atoms with Gasteiger partial charge in [0.2, 0.25) is 0 Å². The summed E-state index contributed by atoms with van der Waals surface area (Å²) in [5.41, 5.74) is 4.93. The first-order valence-electron chi connectivity index (χ1n) is 6.39. The summed E-state index contributed by atoms with van der Waals surface area (Å²) in [7, 11) is 0. The van der Waals surface area contributed by atoms with E-state index in [2.05, 4.69) is 27.4 Å². The van der Waals surface area contributed by atoms with E-state index in [0.29, 0.717) is 21.7 Å². The molecule has 0 saturated carbocycles. The number of aromatic nitrogens is 1. The Morgan fingerprint density at radius 1 is 1.20 bits per heavy atom. The molecule has 4 nitrogen and oxygen atoms in total. The zero-order valence-corrected chi connectivity index (χ0v) is 12.2. The summed E-state index contributed by atoms with van der Waals surface area (Å²) in [6, 6.07) is 9.94. The maximum absolute atomic E-state index is 6.30. The van der Waals surface area contributed by atoms with Crippen molar-refractivity contribution in [3.05, 3.63) is 45.9 Å². The van der Waals surface area contributed by atoms with Crippen LogP contribution in [0.1, 0.15) is 12.0 Å². The Morgan fingerprint density at radius 2 is 2.00 bits per heavy atom. The van der Waals surface area contributed by atoms with Gasteiger partial charge in [-0.25, -0.2) is 10.8 Å². The number of benzene rings is 1. The highest BCUT2D eigenvalue weighted by atomic mass is 35.5. The van der Waals surface area contributed by atoms with Crippen molar-refractivity contribution >= 4 is 40.5 Å². The van der Waals surface area contributed by atoms with Gasteiger partial charge in [0.05, 0.1) is 10.0 Å². The standard InChI is InChI=1S/C14H14Cl2N4/c15-10-8-11(16)14(18-13(10)19-17)20-7-3-5-9-4-1-2-6-12(9)20/h1-2,4,6,8H,3,5,7,17H2,(H,18,19). The van der Waals surface area contributed by atoms with Crippen molar-refractivity contribution in [3.63, 3.8) is 0 Å². The fourth-order valence-electron chi connectivity index (χ4n) is 2.50. The Kier molecular flexibility index (Phi) is 3.70. The summed E-state index contributed by atoms with van der Waals surface area (Å²) < 4.78 is 0. The minimum Gasteiger partial charge on any atom is -0.325 e. The van der Waals surface area contributed by atoms with E-state index in [0.717, 1.165) is 25.1 Å². The monoisotopic (exact) mass is 308 g/mol. The SMILES string of the molecule is NNc1nc(N2CCCc3ccccc32)c(Cl)cc1Cl. The normalized spacial score (nSPS) is 14.1. The summed E-state index contributed by atoms with van der Waals surface area (Å²) in [5, 5.41) is 0.928. The molecular formula is C14H14Cl2N4. The van der Waals surface area contributed by atoms with Crippen LogP contribution in [0.5, 0.6) is 0 Å². The van der Waals surface area contributed by atoms with Gasteiger partial charge in [-0.1, -0.05) is 41.4 Å². The summed E-state index contributed by atoms with van der Waals surface area (Å²) in [6.07, 6.45) is 2.13. The third-order valence-corrected chi connectivity index (χ3v) is 3.98. The smallest absolute Gasteiger partial charge is 0.161 e. The fourth-order valence-corrected chi connectivity index (χ4v) is 3.02. The maximum atomic E-state index is 6.30. The van der Waals surface area contributed by atoms with E-state index < -0.39 is 0 Å². The predicted octanol–water partition coefficient (Wildman–Crippen LogP) is 3.76. The number of hydrogen-bond donors (Lipinski definition) is 2. The van der Waals surface area contributed by atoms with E-state index in [9.17, 15) is 0 Å². The quantitative estimate of drug-likeness (QED) is 0.655. The average Bonchev–Trinajstić information content (AvgIpc) is 2.47. The molecule has 1 aromatic carbocycles. The van der Waals surface area contributed by atoms with Gasteiger partial charge in [0.25, 0.3) is 0 Å². The minimum atomic E-state index is 0.409. The summed E-state index contributed by atoms with van der Waals surface area (Å²) in [6.45, 7) is 0.870. The first kappa shape index (κ1) is 13.5. The van der Waals surface area contributed by atoms with E-state index in [-0.39, 0.29) is 0 Å². The van der Waals surface area contributed by atoms with E-state index >= 15 is 0 Å². The third-order valence-electron chi connectivity index (χ3n) is 3.41. The molecule has 0 amide bonds. The molecule has 0 bridgehead atoms. The number of para-hydroxylation sites is 1. The maximum Gasteiger partial charge on any atom is 0.161 e. The molecule has 2 aromatic rings. The van der Waals surface area contributed by atoms with Gasteiger partial charge in [-0.15, -0.1) is 0 Å². The number of nitrogens with two attached hydrogens (primary N) is 1. The third kappa shape index (κ3) is 2.30. The topological polar surface area (TPSA) is 54.2 Å². The van der Waals surface area contributed by atoms with Gasteiger partial charge in [-0.3, -0.25) is 0 Å². The molecule has 1 aliphatic heterocycles. The Labute approximate surface area is 127 Å². The van der Waals surface area contributed by atoms with Crippen LogP contribution in [0.3, 0.4) is 0 Å². The van der Waals surface area contributed by atoms with Crippen LogP contribution in [0, 0.1) is 0 Å². The lowest BCUT2D eigenvalue weighted by Crippen LogP contribution is -2.26. The van der Waals surface area contributed by atoms with Crippen LogP contribution in [-0.2, 0) is 6.42 Å². The van der Waals surface area contributed by atoms with Crippen LogP contribution in [0.4, 0.5) is 17.3 Å². The van der Waals surface area contributed by atoms with Crippen molar-refractivity contribution in [1.82, 2.24) is 4.98 Å². The van der Waals surface area contributed by atoms with Gasteiger partial charge in [0.1, 0.15) is 0 Å². The molecule has 0 fully saturated rings. The molecule has 0 atom stereocenters. The molecule has 0 radical (unpaired) electrons. The molecule has 0 spiro atoms. The van der Waals surface area contributed by atoms with Crippen molar-refractivity contribution in [2.24, 2.45) is 5.84 Å². The summed E-state index contributed by atoms with van der Waals surface area (Å²) in [4.78, 5) is 6.55. The van der Waals surface area contributed by atoms with Gasteiger partial charge < -0.3 is 10.3 Å². The van der Waals surface area contributed by atoms with Crippen LogP contribution < -0.4 is 16.2 Å². The van der Waals surface area contributed by atoms with Crippen molar-refractivity contribution < 1.29 is 0 Å². The highest BCUT2D eigenvalue weighted by Crippen LogP contribution is 2.38. The number of nitrogens with one attached hydrogen (secondary N) is 1. The number of hydrogen-bond acceptors (Lipinski definition) is 4. The zero-order chi connectivity index (χ0) is 14.1. The Hall–Kier alpha value is -1.49. The van der Waals surface area contributed by atoms with Gasteiger partial charge in [0.15, 0.2) is 11.6 Å². The van der Waals surface area contributed by atoms with Gasteiger partial charge >= 0.3 is 0 Å². The molecule has 104 valence electrons. The second kappa shape index (κ2) is 5.48. The second-order valence-electron chi connectivity index (χ2n) is 4.65. The van der Waals surface area contributed by atoms with Crippen molar-refractivity contribution in [3.8, 4) is 0 Å². The second-order valence-corrected chi connectivity index (χ2v) is 5.47. The molecule has 3 rings (SSSR count). The zero-order valence-electron chi connectivity index (χ0n) is 10.7. The van der Waals surface area contributed by atoms with Gasteiger partial charge in [0, 0.05) is 12.2 Å². The largest absolute Gasteiger partial charge is 0.325 e. The van der Waals surface area contributed by atoms with Crippen LogP contribution >= 0.6 is 23.2 Å². The van der Waals surface area contributed by atoms with Crippen molar-refractivity contribution in [2.75, 3.05) is 16.9 Å². The molecule has 0 aliphatic carbocycles. The number of nitrogen functional groups attached to an aromatic ring is 1. The number of nitrogens with zero attached hydrogens (tertiary/aromatic N) is 2. The lowest BCUT2D eigenvalue weighted by Gasteiger charge is -2.31. The van der Waals surface area contributed by atoms with E-state index in [4.69, 9.17) is 29.0 Å². The molecule has 6 heteroatoms. The first-order chi connectivity index (χ1) is 9.70. The van der Waals surface area contributed by atoms with Crippen LogP contribution in [0.15, 0.2) is 30.3 Å². The lowest BCUT2D eigenvalue weighted by atomic mass is 10.0. The van der Waals surface area contributed by atoms with Crippen LogP contribution in [0.2, 0.25) is 10.0 Å². The lowest BCUT2D eigenvalue weighted by molar-refractivity contribution is 0.760. The minimum absolute atomic E-state index is 0.409. The molecule has 0 saturated heterocycles. The molecule has 1 aliphatic rings. The Balaban J connectivity index is 2.11. The highest BCUT2D eigenvalue weighted by Gasteiger charge is 2.22. The van der Waals surface area contributed by atoms with Crippen molar-refractivity contribution in [2.45, 2.75) is 12.8 Å². The highest BCUT2D eigenvalue weighted by molar-refractivity contribution is 6.37. The number of rotatable bonds is 2. The average molecular weight is 309 g/mol. The summed E-state index contributed by atoms with van der Waals surface area (Å²) in [5.74, 6) is 6.54. The van der Waals surface area contributed by atoms with E-state index in [1.807, 2.05) is 12.1 Å². The van der Waals surface area contributed by atoms with Crippen LogP contribution in [-0.4, -0.2) is 11.5 Å². The predicted molar refractivity (Wildman–Crippen MR) is 83.8 cm³/mol. The molecule has 20 heavy (non-hydrogen) atoms. The molecule has 3 N–H and O–H groups in total. The van der Waals surface area contributed by atoms with Gasteiger partial charge in [-0.05, 0) is 30.5 Å². The van der Waals surface area contributed by atoms with E-state index in [1.54, 1.807) is 6.07 Å². The number of halogens is 2. The molecule has 2 heterocycles. The van der Waals surface area contributed by atoms with Crippen molar-refractivity contribution in [1.29, 1.82) is 0 Å². The molecular weight excluding hydrogens is 295 g/mol. The fraction of sp³-hybridized carbons (Fsp3) is 0.214. The van der Waals surface area contributed by atoms with Gasteiger partial charge in [-0.2, -0.15) is 0 Å². The number of pyridine rings is 1. The summed E-state index contributed by atoms with van der Waals surface area (Å²) >= 11 is 12.3. The Morgan fingerprint density at radius 3 is 2.80 bits per heavy atom. The van der Waals surface area contributed by atoms with Crippen LogP contribution in [0.25, 0.3) is 0 Å². The Bertz CT molecular complexity index is 645. The van der Waals surface area contributed by atoms with E-state index in [1.165, 1.54) is 5.56 Å². The molecule has 0 unspecified atom stereocenters. The number of anilines is 3. The first-order valence-corrected chi connectivity index (χ1v) is 7.14. The number of fused-ring (bicyclic) bond motifs is 1.